The van der Waals surface area contributed by atoms with Crippen LogP contribution in [0.3, 0.4) is 0 Å². The predicted octanol–water partition coefficient (Wildman–Crippen LogP) is 10.4. The van der Waals surface area contributed by atoms with Crippen molar-refractivity contribution in [3.8, 4) is 11.1 Å². The highest BCUT2D eigenvalue weighted by Crippen LogP contribution is 2.53. The van der Waals surface area contributed by atoms with E-state index in [0.717, 1.165) is 12.8 Å². The normalized spacial score (nSPS) is 13.9. The largest absolute Gasteiger partial charge is 0.329 e. The van der Waals surface area contributed by atoms with Crippen LogP contribution in [0, 0.1) is 0 Å². The molecule has 38 heavy (non-hydrogen) atoms. The molecule has 0 spiro atoms. The second-order valence-corrected chi connectivity index (χ2v) is 10.6. The van der Waals surface area contributed by atoms with Crippen LogP contribution in [0.1, 0.15) is 67.8 Å². The molecular formula is C37H37N. The minimum Gasteiger partial charge on any atom is -0.329 e. The first-order valence-corrected chi connectivity index (χ1v) is 14.4. The molecule has 0 amide bonds. The van der Waals surface area contributed by atoms with Gasteiger partial charge in [-0.25, -0.2) is 0 Å². The van der Waals surface area contributed by atoms with Gasteiger partial charge in [0.15, 0.2) is 0 Å². The van der Waals surface area contributed by atoms with E-state index in [1.54, 1.807) is 11.1 Å². The first kappa shape index (κ1) is 24.5. The molecule has 0 fully saturated rings. The molecule has 1 aliphatic rings. The van der Waals surface area contributed by atoms with Crippen LogP contribution in [-0.2, 0) is 12.8 Å². The monoisotopic (exact) mass is 495 g/mol. The van der Waals surface area contributed by atoms with E-state index in [-0.39, 0.29) is 6.04 Å². The second-order valence-electron chi connectivity index (χ2n) is 10.6. The summed E-state index contributed by atoms with van der Waals surface area (Å²) in [4.78, 5) is 2.62. The zero-order chi connectivity index (χ0) is 25.9. The molecule has 0 radical (unpaired) electrons. The number of aryl methyl sites for hydroxylation is 1. The number of fused-ring (bicyclic) bond motifs is 4. The van der Waals surface area contributed by atoms with Gasteiger partial charge < -0.3 is 4.90 Å². The fourth-order valence-corrected chi connectivity index (χ4v) is 6.35. The molecular weight excluding hydrogens is 458 g/mol. The lowest BCUT2D eigenvalue weighted by Gasteiger charge is -2.35. The summed E-state index contributed by atoms with van der Waals surface area (Å²) < 4.78 is 0. The summed E-state index contributed by atoms with van der Waals surface area (Å²) in [5.74, 6) is 0. The highest BCUT2D eigenvalue weighted by molar-refractivity contribution is 5.97. The van der Waals surface area contributed by atoms with Gasteiger partial charge in [0.25, 0.3) is 0 Å². The first-order valence-electron chi connectivity index (χ1n) is 14.4. The fourth-order valence-electron chi connectivity index (χ4n) is 6.35. The van der Waals surface area contributed by atoms with Crippen molar-refractivity contribution in [2.45, 2.75) is 58.4 Å². The SMILES string of the molecule is CCCCc1ccc2c(c1CCCC)C(N(c1ccccc1)c1cccc3ccccc13)c1ccccc1-2. The Morgan fingerprint density at radius 1 is 0.605 bits per heavy atom. The second kappa shape index (κ2) is 10.9. The lowest BCUT2D eigenvalue weighted by molar-refractivity contribution is 0.739. The van der Waals surface area contributed by atoms with E-state index < -0.39 is 0 Å². The summed E-state index contributed by atoms with van der Waals surface area (Å²) in [5.41, 5.74) is 11.4. The third-order valence-corrected chi connectivity index (χ3v) is 8.17. The van der Waals surface area contributed by atoms with Crippen molar-refractivity contribution < 1.29 is 0 Å². The standard InChI is InChI=1S/C37H37N/c1-3-5-15-28-25-26-33-32-22-12-13-23-34(32)37(36(33)31(28)20-6-4-2)38(29-18-8-7-9-19-29)35-24-14-17-27-16-10-11-21-30(27)35/h7-14,16-19,21-26,37H,3-6,15,20H2,1-2H3. The number of unbranched alkanes of at least 4 members (excludes halogenated alkanes) is 2. The van der Waals surface area contributed by atoms with Gasteiger partial charge in [-0.15, -0.1) is 0 Å². The Morgan fingerprint density at radius 3 is 2.16 bits per heavy atom. The minimum atomic E-state index is 0.128. The quantitative estimate of drug-likeness (QED) is 0.196. The number of rotatable bonds is 9. The Kier molecular flexibility index (Phi) is 7.01. The molecule has 1 unspecified atom stereocenters. The van der Waals surface area contributed by atoms with Crippen molar-refractivity contribution in [2.24, 2.45) is 0 Å². The van der Waals surface area contributed by atoms with Crippen LogP contribution in [0.25, 0.3) is 21.9 Å². The maximum atomic E-state index is 2.62. The molecule has 0 aliphatic heterocycles. The van der Waals surface area contributed by atoms with Gasteiger partial charge in [-0.2, -0.15) is 0 Å². The summed E-state index contributed by atoms with van der Waals surface area (Å²) in [7, 11) is 0. The van der Waals surface area contributed by atoms with Crippen molar-refractivity contribution in [2.75, 3.05) is 4.90 Å². The van der Waals surface area contributed by atoms with Crippen molar-refractivity contribution in [1.82, 2.24) is 0 Å². The van der Waals surface area contributed by atoms with E-state index >= 15 is 0 Å². The third kappa shape index (κ3) is 4.31. The van der Waals surface area contributed by atoms with Crippen LogP contribution < -0.4 is 4.90 Å². The molecule has 0 saturated carbocycles. The molecule has 0 aromatic heterocycles. The highest BCUT2D eigenvalue weighted by Gasteiger charge is 2.37. The molecule has 5 aromatic carbocycles. The van der Waals surface area contributed by atoms with E-state index in [9.17, 15) is 0 Å². The van der Waals surface area contributed by atoms with Gasteiger partial charge >= 0.3 is 0 Å². The molecule has 0 bridgehead atoms. The zero-order valence-corrected chi connectivity index (χ0v) is 22.7. The molecule has 1 nitrogen and oxygen atoms in total. The van der Waals surface area contributed by atoms with E-state index in [1.165, 1.54) is 70.1 Å². The number of benzene rings is 5. The van der Waals surface area contributed by atoms with Crippen LogP contribution >= 0.6 is 0 Å². The summed E-state index contributed by atoms with van der Waals surface area (Å²) >= 11 is 0. The zero-order valence-electron chi connectivity index (χ0n) is 22.7. The van der Waals surface area contributed by atoms with Gasteiger partial charge in [-0.05, 0) is 82.6 Å². The van der Waals surface area contributed by atoms with Crippen molar-refractivity contribution in [3.05, 3.63) is 131 Å². The van der Waals surface area contributed by atoms with E-state index in [2.05, 4.69) is 128 Å². The fraction of sp³-hybridized carbons (Fsp3) is 0.243. The average molecular weight is 496 g/mol. The maximum Gasteiger partial charge on any atom is 0.0859 e. The highest BCUT2D eigenvalue weighted by atomic mass is 15.2. The first-order chi connectivity index (χ1) is 18.8. The van der Waals surface area contributed by atoms with Crippen LogP contribution in [0.5, 0.6) is 0 Å². The van der Waals surface area contributed by atoms with E-state index in [4.69, 9.17) is 0 Å². The minimum absolute atomic E-state index is 0.128. The Bertz CT molecular complexity index is 1540. The summed E-state index contributed by atoms with van der Waals surface area (Å²) in [5, 5.41) is 2.57. The average Bonchev–Trinajstić information content (AvgIpc) is 3.30. The lowest BCUT2D eigenvalue weighted by Crippen LogP contribution is -2.25. The molecule has 0 N–H and O–H groups in total. The third-order valence-electron chi connectivity index (χ3n) is 8.17. The molecule has 0 saturated heterocycles. The molecule has 0 heterocycles. The number of nitrogens with zero attached hydrogens (tertiary/aromatic N) is 1. The summed E-state index contributed by atoms with van der Waals surface area (Å²) in [6.07, 6.45) is 7.19. The van der Waals surface area contributed by atoms with Gasteiger partial charge in [0.1, 0.15) is 0 Å². The van der Waals surface area contributed by atoms with Crippen LogP contribution in [-0.4, -0.2) is 0 Å². The number of hydrogen-bond donors (Lipinski definition) is 0. The topological polar surface area (TPSA) is 3.24 Å². The van der Waals surface area contributed by atoms with E-state index in [1.807, 2.05) is 0 Å². The Balaban J connectivity index is 1.65. The number of hydrogen-bond acceptors (Lipinski definition) is 1. The van der Waals surface area contributed by atoms with Crippen LogP contribution in [0.2, 0.25) is 0 Å². The Morgan fingerprint density at radius 2 is 1.32 bits per heavy atom. The predicted molar refractivity (Wildman–Crippen MR) is 163 cm³/mol. The Labute approximate surface area is 227 Å². The number of anilines is 2. The molecule has 1 heteroatoms. The molecule has 6 rings (SSSR count). The lowest BCUT2D eigenvalue weighted by atomic mass is 9.88. The van der Waals surface area contributed by atoms with Crippen LogP contribution in [0.4, 0.5) is 11.4 Å². The van der Waals surface area contributed by atoms with Gasteiger partial charge in [-0.3, -0.25) is 0 Å². The van der Waals surface area contributed by atoms with Gasteiger partial charge in [0, 0.05) is 16.8 Å². The van der Waals surface area contributed by atoms with Gasteiger partial charge in [0.05, 0.1) is 6.04 Å². The molecule has 1 aliphatic carbocycles. The smallest absolute Gasteiger partial charge is 0.0859 e. The molecule has 1 atom stereocenters. The van der Waals surface area contributed by atoms with Crippen molar-refractivity contribution in [3.63, 3.8) is 0 Å². The van der Waals surface area contributed by atoms with Gasteiger partial charge in [0.2, 0.25) is 0 Å². The summed E-state index contributed by atoms with van der Waals surface area (Å²) in [6, 6.07) is 40.7. The van der Waals surface area contributed by atoms with Gasteiger partial charge in [-0.1, -0.05) is 118 Å². The van der Waals surface area contributed by atoms with Crippen molar-refractivity contribution in [1.29, 1.82) is 0 Å². The maximum absolute atomic E-state index is 2.62. The number of para-hydroxylation sites is 1. The molecule has 190 valence electrons. The molecule has 5 aromatic rings. The van der Waals surface area contributed by atoms with E-state index in [0.29, 0.717) is 0 Å². The van der Waals surface area contributed by atoms with Crippen LogP contribution in [0.15, 0.2) is 109 Å². The Hall–Kier alpha value is -3.84. The summed E-state index contributed by atoms with van der Waals surface area (Å²) in [6.45, 7) is 4.61. The van der Waals surface area contributed by atoms with Crippen molar-refractivity contribution >= 4 is 22.1 Å².